The molecule has 39 heavy (non-hydrogen) atoms. The highest BCUT2D eigenvalue weighted by Gasteiger charge is 2.65. The van der Waals surface area contributed by atoms with Gasteiger partial charge in [-0.1, -0.05) is 32.0 Å². The van der Waals surface area contributed by atoms with Crippen LogP contribution in [0.25, 0.3) is 11.1 Å². The molecule has 0 spiro atoms. The molecule has 0 saturated heterocycles. The van der Waals surface area contributed by atoms with Crippen LogP contribution < -0.4 is 19.6 Å². The van der Waals surface area contributed by atoms with Crippen LogP contribution in [0.4, 0.5) is 34.4 Å². The molecule has 0 saturated carbocycles. The Hall–Kier alpha value is -4.57. The van der Waals surface area contributed by atoms with Gasteiger partial charge in [-0.2, -0.15) is 5.26 Å². The number of aromatic nitrogens is 2. The Morgan fingerprint density at radius 1 is 0.846 bits per heavy atom. The number of anilines is 6. The average molecular weight is 512 g/mol. The van der Waals surface area contributed by atoms with E-state index in [-0.39, 0.29) is 17.7 Å². The van der Waals surface area contributed by atoms with Gasteiger partial charge in [0.05, 0.1) is 34.4 Å². The highest BCUT2D eigenvalue weighted by Crippen LogP contribution is 2.67. The first-order chi connectivity index (χ1) is 19.0. The Morgan fingerprint density at radius 3 is 2.18 bits per heavy atom. The van der Waals surface area contributed by atoms with Gasteiger partial charge in [0.1, 0.15) is 12.3 Å². The summed E-state index contributed by atoms with van der Waals surface area (Å²) >= 11 is 0. The van der Waals surface area contributed by atoms with Crippen molar-refractivity contribution in [1.82, 2.24) is 9.97 Å². The summed E-state index contributed by atoms with van der Waals surface area (Å²) in [6.45, 7) is 4.78. The summed E-state index contributed by atoms with van der Waals surface area (Å²) < 4.78 is 0. The Bertz CT molecular complexity index is 1720. The smallest absolute Gasteiger partial charge is 0.158 e. The first-order valence-corrected chi connectivity index (χ1v) is 13.6. The van der Waals surface area contributed by atoms with Crippen LogP contribution in [0, 0.1) is 17.2 Å². The number of fused-ring (bicyclic) bond motifs is 9. The second-order valence-corrected chi connectivity index (χ2v) is 11.3. The Balaban J connectivity index is 1.49. The number of rotatable bonds is 2. The predicted octanol–water partition coefficient (Wildman–Crippen LogP) is 6.15. The van der Waals surface area contributed by atoms with Crippen molar-refractivity contribution >= 4 is 34.4 Å². The van der Waals surface area contributed by atoms with Crippen LogP contribution in [-0.2, 0) is 5.41 Å². The summed E-state index contributed by atoms with van der Waals surface area (Å²) in [4.78, 5) is 19.6. The molecule has 192 valence electrons. The monoisotopic (exact) mass is 511 g/mol. The normalized spacial score (nSPS) is 25.2. The van der Waals surface area contributed by atoms with Crippen molar-refractivity contribution < 1.29 is 0 Å². The molecule has 4 aliphatic rings. The van der Waals surface area contributed by atoms with Crippen molar-refractivity contribution in [1.29, 1.82) is 5.26 Å². The molecule has 8 rings (SSSR count). The van der Waals surface area contributed by atoms with Gasteiger partial charge in [-0.05, 0) is 60.0 Å². The molecule has 7 nitrogen and oxygen atoms in total. The van der Waals surface area contributed by atoms with Gasteiger partial charge in [-0.15, -0.1) is 0 Å². The second-order valence-electron chi connectivity index (χ2n) is 11.3. The zero-order chi connectivity index (χ0) is 26.6. The number of likely N-dealkylation sites (N-methyl/N-ethyl adjacent to an activating group) is 1. The van der Waals surface area contributed by atoms with Gasteiger partial charge in [-0.25, -0.2) is 9.97 Å². The molecule has 0 bridgehead atoms. The van der Waals surface area contributed by atoms with E-state index < -0.39 is 0 Å². The van der Waals surface area contributed by atoms with E-state index in [2.05, 4.69) is 83.9 Å². The summed E-state index contributed by atoms with van der Waals surface area (Å²) in [5.41, 5.74) is 8.49. The van der Waals surface area contributed by atoms with Crippen molar-refractivity contribution in [3.63, 3.8) is 0 Å². The summed E-state index contributed by atoms with van der Waals surface area (Å²) in [5, 5.41) is 9.99. The lowest BCUT2D eigenvalue weighted by Gasteiger charge is -2.52. The van der Waals surface area contributed by atoms with E-state index in [1.807, 2.05) is 42.7 Å². The first-order valence-electron chi connectivity index (χ1n) is 13.6. The highest BCUT2D eigenvalue weighted by molar-refractivity contribution is 5.96. The second kappa shape index (κ2) is 7.51. The topological polar surface area (TPSA) is 62.5 Å². The summed E-state index contributed by atoms with van der Waals surface area (Å²) in [6, 6.07) is 23.3. The van der Waals surface area contributed by atoms with E-state index in [0.29, 0.717) is 11.5 Å². The van der Waals surface area contributed by atoms with Crippen molar-refractivity contribution in [3.05, 3.63) is 84.2 Å². The van der Waals surface area contributed by atoms with E-state index in [4.69, 9.17) is 9.97 Å². The van der Waals surface area contributed by atoms with Crippen LogP contribution in [0.15, 0.2) is 73.1 Å². The fraction of sp³-hybridized carbons (Fsp3) is 0.281. The molecule has 0 radical (unpaired) electrons. The predicted molar refractivity (Wildman–Crippen MR) is 155 cm³/mol. The Morgan fingerprint density at radius 2 is 1.49 bits per heavy atom. The number of pyridine rings is 2. The van der Waals surface area contributed by atoms with Crippen molar-refractivity contribution in [3.8, 4) is 17.2 Å². The fourth-order valence-electron chi connectivity index (χ4n) is 8.17. The van der Waals surface area contributed by atoms with Crippen LogP contribution in [-0.4, -0.2) is 36.4 Å². The van der Waals surface area contributed by atoms with Crippen LogP contribution in [0.5, 0.6) is 0 Å². The molecule has 0 amide bonds. The Labute approximate surface area is 228 Å². The fourth-order valence-corrected chi connectivity index (χ4v) is 8.17. The summed E-state index contributed by atoms with van der Waals surface area (Å²) in [7, 11) is 4.42. The number of benzene rings is 2. The lowest BCUT2D eigenvalue weighted by Crippen LogP contribution is -2.61. The van der Waals surface area contributed by atoms with Gasteiger partial charge < -0.3 is 19.6 Å². The minimum atomic E-state index is -0.181. The third kappa shape index (κ3) is 2.52. The molecular formula is C32H29N7. The van der Waals surface area contributed by atoms with Gasteiger partial charge >= 0.3 is 0 Å². The lowest BCUT2D eigenvalue weighted by atomic mass is 9.65. The molecule has 7 heteroatoms. The maximum Gasteiger partial charge on any atom is 0.158 e. The molecule has 2 aromatic heterocycles. The van der Waals surface area contributed by atoms with Crippen molar-refractivity contribution in [2.24, 2.45) is 5.92 Å². The number of nitrogens with zero attached hydrogens (tertiary/aromatic N) is 7. The van der Waals surface area contributed by atoms with E-state index in [1.165, 1.54) is 16.9 Å². The standard InChI is InChI=1S/C32H29N7/c1-5-22-30-36(3)23-12-8-14-34-28(23)38(30)25-16-20(21-11-7-6-10-19(21)18-33)17-26-27(25)32(22,2)31-37(4)24-13-9-15-35-29(24)39(26)31/h6-17,22,30-31H,5H2,1-4H3. The minimum absolute atomic E-state index is 0.0924. The zero-order valence-electron chi connectivity index (χ0n) is 22.5. The molecule has 0 N–H and O–H groups in total. The molecule has 4 aliphatic heterocycles. The first kappa shape index (κ1) is 22.4. The van der Waals surface area contributed by atoms with Crippen LogP contribution in [0.3, 0.4) is 0 Å². The van der Waals surface area contributed by atoms with Crippen molar-refractivity contribution in [2.45, 2.75) is 38.0 Å². The molecule has 6 heterocycles. The lowest BCUT2D eigenvalue weighted by molar-refractivity contribution is 0.204. The summed E-state index contributed by atoms with van der Waals surface area (Å²) in [5.74, 6) is 2.32. The van der Waals surface area contributed by atoms with E-state index in [9.17, 15) is 5.26 Å². The summed E-state index contributed by atoms with van der Waals surface area (Å²) in [6.07, 6.45) is 5.02. The molecule has 2 aromatic carbocycles. The SMILES string of the molecule is CCC1C2N(C)c3cccnc3N2c2cc(-c3ccccc3C#N)cc3c2C1(C)C1N(C)c2cccnc2N31. The third-order valence-corrected chi connectivity index (χ3v) is 9.64. The van der Waals surface area contributed by atoms with Gasteiger partial charge in [0.2, 0.25) is 0 Å². The van der Waals surface area contributed by atoms with Gasteiger partial charge in [0.15, 0.2) is 11.6 Å². The quantitative estimate of drug-likeness (QED) is 0.320. The number of hydrogen-bond acceptors (Lipinski definition) is 7. The van der Waals surface area contributed by atoms with Gasteiger partial charge in [-0.3, -0.25) is 0 Å². The Kier molecular flexibility index (Phi) is 4.32. The minimum Gasteiger partial charge on any atom is -0.351 e. The molecule has 0 fully saturated rings. The zero-order valence-corrected chi connectivity index (χ0v) is 22.5. The van der Waals surface area contributed by atoms with E-state index in [1.54, 1.807) is 0 Å². The molecule has 4 aromatic rings. The van der Waals surface area contributed by atoms with Crippen molar-refractivity contribution in [2.75, 3.05) is 33.7 Å². The van der Waals surface area contributed by atoms with Crippen LogP contribution >= 0.6 is 0 Å². The number of hydrogen-bond donors (Lipinski definition) is 0. The van der Waals surface area contributed by atoms with Crippen LogP contribution in [0.1, 0.15) is 31.4 Å². The molecule has 0 aliphatic carbocycles. The molecule has 4 atom stereocenters. The van der Waals surface area contributed by atoms with Crippen LogP contribution in [0.2, 0.25) is 0 Å². The third-order valence-electron chi connectivity index (χ3n) is 9.64. The van der Waals surface area contributed by atoms with Gasteiger partial charge in [0.25, 0.3) is 0 Å². The van der Waals surface area contributed by atoms with E-state index >= 15 is 0 Å². The highest BCUT2D eigenvalue weighted by atomic mass is 15.5. The maximum absolute atomic E-state index is 9.99. The largest absolute Gasteiger partial charge is 0.351 e. The molecular weight excluding hydrogens is 482 g/mol. The molecule has 4 unspecified atom stereocenters. The average Bonchev–Trinajstić information content (AvgIpc) is 3.54. The maximum atomic E-state index is 9.99. The van der Waals surface area contributed by atoms with Gasteiger partial charge in [0, 0.05) is 43.4 Å². The van der Waals surface area contributed by atoms with E-state index in [0.717, 1.165) is 40.6 Å². The number of nitriles is 1.